The number of imidazole rings is 1. The first-order valence-electron chi connectivity index (χ1n) is 8.82. The number of hydrogen-bond acceptors (Lipinski definition) is 7. The number of benzene rings is 1. The summed E-state index contributed by atoms with van der Waals surface area (Å²) in [6.07, 6.45) is 5.07. The summed E-state index contributed by atoms with van der Waals surface area (Å²) >= 11 is 6.17. The molecule has 0 amide bonds. The molecule has 3 heterocycles. The highest BCUT2D eigenvalue weighted by Gasteiger charge is 2.21. The Morgan fingerprint density at radius 2 is 2.10 bits per heavy atom. The number of H-pyrrole nitrogens is 2. The van der Waals surface area contributed by atoms with Crippen LogP contribution < -0.4 is 21.3 Å². The predicted octanol–water partition coefficient (Wildman–Crippen LogP) is 0.903. The number of nitrogens with one attached hydrogen (secondary N) is 2. The van der Waals surface area contributed by atoms with Crippen LogP contribution in [-0.2, 0) is 0 Å². The summed E-state index contributed by atoms with van der Waals surface area (Å²) in [6, 6.07) is 7.25. The summed E-state index contributed by atoms with van der Waals surface area (Å²) in [7, 11) is 0. The van der Waals surface area contributed by atoms with Gasteiger partial charge in [-0.25, -0.2) is 9.79 Å². The minimum Gasteiger partial charge on any atom is -0.493 e. The maximum atomic E-state index is 11.4. The third-order valence-corrected chi connectivity index (χ3v) is 4.59. The third kappa shape index (κ3) is 3.45. The molecule has 146 valence electrons. The summed E-state index contributed by atoms with van der Waals surface area (Å²) in [5.41, 5.74) is 0.443. The topological polar surface area (TPSA) is 134 Å². The van der Waals surface area contributed by atoms with E-state index in [1.807, 2.05) is 0 Å². The van der Waals surface area contributed by atoms with Gasteiger partial charge in [0.15, 0.2) is 5.65 Å². The van der Waals surface area contributed by atoms with E-state index in [0.29, 0.717) is 27.3 Å². The molecule has 3 aromatic heterocycles. The lowest BCUT2D eigenvalue weighted by Crippen LogP contribution is -2.23. The monoisotopic (exact) mass is 411 g/mol. The number of hydrogen-bond donors (Lipinski definition) is 3. The van der Waals surface area contributed by atoms with Gasteiger partial charge in [0.05, 0.1) is 17.3 Å². The van der Waals surface area contributed by atoms with Crippen molar-refractivity contribution >= 4 is 23.3 Å². The van der Waals surface area contributed by atoms with Crippen LogP contribution in [0.1, 0.15) is 18.5 Å². The molecule has 4 aromatic rings. The smallest absolute Gasteiger partial charge is 0.327 e. The minimum atomic E-state index is -0.521. The Kier molecular flexibility index (Phi) is 4.06. The van der Waals surface area contributed by atoms with E-state index in [9.17, 15) is 9.90 Å². The Morgan fingerprint density at radius 3 is 2.83 bits per heavy atom. The average Bonchev–Trinajstić information content (AvgIpc) is 3.33. The number of aromatic hydroxyl groups is 1. The van der Waals surface area contributed by atoms with E-state index in [-0.39, 0.29) is 23.6 Å². The molecule has 29 heavy (non-hydrogen) atoms. The maximum Gasteiger partial charge on any atom is 0.327 e. The van der Waals surface area contributed by atoms with Gasteiger partial charge in [-0.2, -0.15) is 19.6 Å². The molecular weight excluding hydrogens is 398 g/mol. The van der Waals surface area contributed by atoms with Gasteiger partial charge in [0, 0.05) is 5.22 Å². The molecule has 1 aliphatic rings. The second kappa shape index (κ2) is 6.74. The van der Waals surface area contributed by atoms with E-state index in [1.54, 1.807) is 36.5 Å². The molecule has 5 rings (SSSR count). The largest absolute Gasteiger partial charge is 0.493 e. The van der Waals surface area contributed by atoms with E-state index in [4.69, 9.17) is 16.3 Å². The first-order valence-corrected chi connectivity index (χ1v) is 9.19. The summed E-state index contributed by atoms with van der Waals surface area (Å²) in [5.74, 6) is 0.132. The maximum absolute atomic E-state index is 11.4. The first kappa shape index (κ1) is 17.4. The second-order valence-corrected chi connectivity index (χ2v) is 6.93. The Balaban J connectivity index is 1.70. The van der Waals surface area contributed by atoms with Gasteiger partial charge in [-0.1, -0.05) is 23.7 Å². The van der Waals surface area contributed by atoms with Crippen LogP contribution in [0.2, 0.25) is 5.02 Å². The summed E-state index contributed by atoms with van der Waals surface area (Å²) in [4.78, 5) is 29.5. The number of rotatable bonds is 4. The molecule has 10 nitrogen and oxygen atoms in total. The zero-order valence-corrected chi connectivity index (χ0v) is 15.6. The van der Waals surface area contributed by atoms with Gasteiger partial charge in [0.1, 0.15) is 11.4 Å². The van der Waals surface area contributed by atoms with Crippen LogP contribution >= 0.6 is 11.6 Å². The fraction of sp³-hybridized carbons (Fsp3) is 0.167. The quantitative estimate of drug-likeness (QED) is 0.457. The SMILES string of the molecule is O=c1[nH]c(O)c(/C=c2/cnn3c(=NC4CC4)nc(Oc4ccccc4Cl)nc23)[nH]1. The van der Waals surface area contributed by atoms with E-state index >= 15 is 0 Å². The van der Waals surface area contributed by atoms with Gasteiger partial charge >= 0.3 is 11.7 Å². The molecular formula is C18H14ClN7O3. The second-order valence-electron chi connectivity index (χ2n) is 6.52. The van der Waals surface area contributed by atoms with Crippen LogP contribution in [0.25, 0.3) is 11.7 Å². The van der Waals surface area contributed by atoms with Gasteiger partial charge in [-0.3, -0.25) is 4.98 Å². The zero-order valence-electron chi connectivity index (χ0n) is 14.8. The molecule has 1 saturated carbocycles. The zero-order chi connectivity index (χ0) is 20.0. The summed E-state index contributed by atoms with van der Waals surface area (Å²) in [6.45, 7) is 0. The van der Waals surface area contributed by atoms with Crippen LogP contribution in [0.5, 0.6) is 17.6 Å². The minimum absolute atomic E-state index is 0.0620. The van der Waals surface area contributed by atoms with Crippen molar-refractivity contribution in [2.75, 3.05) is 0 Å². The molecule has 1 fully saturated rings. The summed E-state index contributed by atoms with van der Waals surface area (Å²) < 4.78 is 7.27. The average molecular weight is 412 g/mol. The molecule has 11 heteroatoms. The van der Waals surface area contributed by atoms with Crippen LogP contribution in [0.15, 0.2) is 40.2 Å². The normalized spacial score (nSPS) is 15.3. The van der Waals surface area contributed by atoms with E-state index in [1.165, 1.54) is 4.52 Å². The number of halogens is 1. The van der Waals surface area contributed by atoms with Crippen LogP contribution in [0, 0.1) is 0 Å². The standard InChI is InChI=1S/C18H14ClN7O3/c19-11-3-1-2-4-13(11)29-18-23-14-9(7-12-15(27)24-17(28)22-12)8-20-26(14)16(25-18)21-10-5-6-10/h1-4,7-8,10,27H,5-6H2,(H2,22,24,28)/b9-7-,21-16?. The van der Waals surface area contributed by atoms with Crippen molar-refractivity contribution in [2.24, 2.45) is 4.99 Å². The Labute approximate surface area is 167 Å². The molecule has 0 unspecified atom stereocenters. The molecule has 0 spiro atoms. The highest BCUT2D eigenvalue weighted by molar-refractivity contribution is 6.32. The lowest BCUT2D eigenvalue weighted by molar-refractivity contribution is 0.436. The fourth-order valence-corrected chi connectivity index (χ4v) is 2.91. The molecule has 3 N–H and O–H groups in total. The van der Waals surface area contributed by atoms with Crippen molar-refractivity contribution in [3.05, 3.63) is 62.5 Å². The molecule has 1 aromatic carbocycles. The van der Waals surface area contributed by atoms with Crippen LogP contribution in [0.4, 0.5) is 0 Å². The summed E-state index contributed by atoms with van der Waals surface area (Å²) in [5, 5.41) is 15.1. The number of ether oxygens (including phenoxy) is 1. The van der Waals surface area contributed by atoms with E-state index in [2.05, 4.69) is 30.0 Å². The van der Waals surface area contributed by atoms with Gasteiger partial charge in [0.2, 0.25) is 5.88 Å². The van der Waals surface area contributed by atoms with E-state index < -0.39 is 5.69 Å². The lowest BCUT2D eigenvalue weighted by atomic mass is 10.3. The Bertz CT molecular complexity index is 1400. The van der Waals surface area contributed by atoms with Crippen molar-refractivity contribution in [2.45, 2.75) is 18.9 Å². The van der Waals surface area contributed by atoms with Crippen molar-refractivity contribution in [1.29, 1.82) is 0 Å². The molecule has 1 aliphatic carbocycles. The number of para-hydroxylation sites is 1. The van der Waals surface area contributed by atoms with Crippen LogP contribution in [0.3, 0.4) is 0 Å². The van der Waals surface area contributed by atoms with Crippen molar-refractivity contribution in [3.63, 3.8) is 0 Å². The van der Waals surface area contributed by atoms with Gasteiger partial charge < -0.3 is 14.8 Å². The molecule has 0 atom stereocenters. The van der Waals surface area contributed by atoms with Crippen molar-refractivity contribution in [3.8, 4) is 17.6 Å². The number of nitrogens with zero attached hydrogens (tertiary/aromatic N) is 5. The van der Waals surface area contributed by atoms with Crippen LogP contribution in [-0.4, -0.2) is 40.7 Å². The number of fused-ring (bicyclic) bond motifs is 1. The molecule has 0 aliphatic heterocycles. The molecule has 0 bridgehead atoms. The number of aromatic amines is 2. The fourth-order valence-electron chi connectivity index (χ4n) is 2.73. The molecule has 0 saturated heterocycles. The van der Waals surface area contributed by atoms with Gasteiger partial charge in [0.25, 0.3) is 5.62 Å². The van der Waals surface area contributed by atoms with Crippen molar-refractivity contribution < 1.29 is 9.84 Å². The van der Waals surface area contributed by atoms with Gasteiger partial charge in [-0.05, 0) is 31.1 Å². The van der Waals surface area contributed by atoms with Gasteiger partial charge in [-0.15, -0.1) is 0 Å². The number of aromatic nitrogens is 6. The predicted molar refractivity (Wildman–Crippen MR) is 103 cm³/mol. The first-order chi connectivity index (χ1) is 14.1. The Hall–Kier alpha value is -3.66. The Morgan fingerprint density at radius 1 is 1.28 bits per heavy atom. The highest BCUT2D eigenvalue weighted by atomic mass is 35.5. The highest BCUT2D eigenvalue weighted by Crippen LogP contribution is 2.26. The molecule has 0 radical (unpaired) electrons. The lowest BCUT2D eigenvalue weighted by Gasteiger charge is -2.05. The third-order valence-electron chi connectivity index (χ3n) is 4.28. The van der Waals surface area contributed by atoms with E-state index in [0.717, 1.165) is 12.8 Å². The van der Waals surface area contributed by atoms with Crippen molar-refractivity contribution in [1.82, 2.24) is 29.5 Å².